The minimum atomic E-state index is -4.43. The molecule has 1 amide bonds. The maximum atomic E-state index is 13.0. The van der Waals surface area contributed by atoms with Gasteiger partial charge in [-0.25, -0.2) is 0 Å². The molecule has 4 rings (SSSR count). The van der Waals surface area contributed by atoms with E-state index in [9.17, 15) is 28.1 Å². The Labute approximate surface area is 158 Å². The molecule has 0 aliphatic carbocycles. The summed E-state index contributed by atoms with van der Waals surface area (Å²) in [6.45, 7) is 0.658. The third-order valence-corrected chi connectivity index (χ3v) is 5.25. The fourth-order valence-corrected chi connectivity index (χ4v) is 3.96. The van der Waals surface area contributed by atoms with Crippen molar-refractivity contribution in [1.82, 2.24) is 4.90 Å². The smallest absolute Gasteiger partial charge is 0.291 e. The molecular formula is C19H16F3N3O3. The van der Waals surface area contributed by atoms with Crippen molar-refractivity contribution >= 4 is 17.3 Å². The molecule has 0 radical (unpaired) electrons. The van der Waals surface area contributed by atoms with E-state index in [4.69, 9.17) is 0 Å². The van der Waals surface area contributed by atoms with Crippen LogP contribution in [-0.2, 0) is 11.0 Å². The van der Waals surface area contributed by atoms with Crippen molar-refractivity contribution in [1.29, 1.82) is 0 Å². The predicted molar refractivity (Wildman–Crippen MR) is 94.5 cm³/mol. The second-order valence-corrected chi connectivity index (χ2v) is 6.87. The molecule has 146 valence electrons. The summed E-state index contributed by atoms with van der Waals surface area (Å²) < 4.78 is 38.7. The highest BCUT2D eigenvalue weighted by atomic mass is 19.4. The molecule has 0 bridgehead atoms. The van der Waals surface area contributed by atoms with Gasteiger partial charge in [-0.1, -0.05) is 12.1 Å². The summed E-state index contributed by atoms with van der Waals surface area (Å²) in [4.78, 5) is 26.8. The van der Waals surface area contributed by atoms with Gasteiger partial charge in [0.1, 0.15) is 6.17 Å². The van der Waals surface area contributed by atoms with E-state index in [0.717, 1.165) is 18.6 Å². The SMILES string of the molecule is O=C1[C@@H]2CCCN2[C@@H](c2ccc(C(F)(F)F)cc2)N1c1ccc([N+](=O)[O-])cc1. The first-order valence-electron chi connectivity index (χ1n) is 8.78. The highest BCUT2D eigenvalue weighted by Gasteiger charge is 2.49. The Hall–Kier alpha value is -2.94. The molecule has 0 N–H and O–H groups in total. The number of amides is 1. The Morgan fingerprint density at radius 3 is 2.25 bits per heavy atom. The van der Waals surface area contributed by atoms with Crippen LogP contribution in [0.5, 0.6) is 0 Å². The molecule has 2 aliphatic rings. The third-order valence-electron chi connectivity index (χ3n) is 5.25. The standard InChI is InChI=1S/C19H16F3N3O3/c20-19(21,22)13-5-3-12(4-6-13)17-23-11-1-2-16(23)18(26)24(17)14-7-9-15(10-8-14)25(27)28/h3-10,16-17H,1-2,11H2/t16-,17+/m0/s1. The van der Waals surface area contributed by atoms with Crippen LogP contribution < -0.4 is 4.90 Å². The normalized spacial score (nSPS) is 22.5. The number of halogens is 3. The van der Waals surface area contributed by atoms with Crippen molar-refractivity contribution in [3.63, 3.8) is 0 Å². The number of hydrogen-bond acceptors (Lipinski definition) is 4. The van der Waals surface area contributed by atoms with Gasteiger partial charge in [0, 0.05) is 24.4 Å². The number of carbonyl (C=O) groups excluding carboxylic acids is 1. The van der Waals surface area contributed by atoms with Gasteiger partial charge in [-0.3, -0.25) is 24.7 Å². The highest BCUT2D eigenvalue weighted by molar-refractivity contribution is 6.00. The zero-order valence-corrected chi connectivity index (χ0v) is 14.6. The first-order chi connectivity index (χ1) is 13.3. The lowest BCUT2D eigenvalue weighted by Gasteiger charge is -2.30. The van der Waals surface area contributed by atoms with Gasteiger partial charge < -0.3 is 0 Å². The number of nitro groups is 1. The number of benzene rings is 2. The zero-order chi connectivity index (χ0) is 20.1. The number of carbonyl (C=O) groups is 1. The lowest BCUT2D eigenvalue weighted by atomic mass is 10.1. The van der Waals surface area contributed by atoms with Crippen molar-refractivity contribution in [3.05, 3.63) is 69.8 Å². The van der Waals surface area contributed by atoms with Crippen LogP contribution in [0.1, 0.15) is 30.1 Å². The molecule has 2 heterocycles. The van der Waals surface area contributed by atoms with Crippen molar-refractivity contribution in [2.45, 2.75) is 31.2 Å². The summed E-state index contributed by atoms with van der Waals surface area (Å²) >= 11 is 0. The topological polar surface area (TPSA) is 66.7 Å². The second kappa shape index (κ2) is 6.59. The van der Waals surface area contributed by atoms with E-state index in [1.165, 1.54) is 41.3 Å². The largest absolute Gasteiger partial charge is 0.416 e. The van der Waals surface area contributed by atoms with Gasteiger partial charge >= 0.3 is 6.18 Å². The minimum absolute atomic E-state index is 0.0954. The molecule has 6 nitrogen and oxygen atoms in total. The lowest BCUT2D eigenvalue weighted by Crippen LogP contribution is -2.32. The third kappa shape index (κ3) is 3.01. The van der Waals surface area contributed by atoms with Gasteiger partial charge in [0.05, 0.1) is 16.5 Å². The van der Waals surface area contributed by atoms with E-state index in [2.05, 4.69) is 0 Å². The fourth-order valence-electron chi connectivity index (χ4n) is 3.96. The summed E-state index contributed by atoms with van der Waals surface area (Å²) in [5, 5.41) is 10.9. The lowest BCUT2D eigenvalue weighted by molar-refractivity contribution is -0.384. The first-order valence-corrected chi connectivity index (χ1v) is 8.78. The Morgan fingerprint density at radius 1 is 1.04 bits per heavy atom. The number of rotatable bonds is 3. The Kier molecular flexibility index (Phi) is 4.34. The molecule has 0 unspecified atom stereocenters. The molecule has 2 atom stereocenters. The molecule has 2 aromatic carbocycles. The number of hydrogen-bond donors (Lipinski definition) is 0. The second-order valence-electron chi connectivity index (χ2n) is 6.87. The highest BCUT2D eigenvalue weighted by Crippen LogP contribution is 2.43. The van der Waals surface area contributed by atoms with Crippen LogP contribution >= 0.6 is 0 Å². The summed E-state index contributed by atoms with van der Waals surface area (Å²) in [5.41, 5.74) is 0.210. The molecule has 2 fully saturated rings. The maximum absolute atomic E-state index is 13.0. The maximum Gasteiger partial charge on any atom is 0.416 e. The molecule has 0 spiro atoms. The van der Waals surface area contributed by atoms with Crippen molar-refractivity contribution in [3.8, 4) is 0 Å². The number of non-ortho nitro benzene ring substituents is 1. The predicted octanol–water partition coefficient (Wildman–Crippen LogP) is 4.12. The molecule has 2 saturated heterocycles. The van der Waals surface area contributed by atoms with E-state index in [1.807, 2.05) is 4.90 Å². The summed E-state index contributed by atoms with van der Waals surface area (Å²) in [6.07, 6.45) is -3.46. The van der Waals surface area contributed by atoms with E-state index < -0.39 is 22.8 Å². The molecule has 2 aromatic rings. The van der Waals surface area contributed by atoms with Crippen molar-refractivity contribution in [2.75, 3.05) is 11.4 Å². The molecule has 9 heteroatoms. The average Bonchev–Trinajstić information content (AvgIpc) is 3.23. The fraction of sp³-hybridized carbons (Fsp3) is 0.316. The minimum Gasteiger partial charge on any atom is -0.291 e. The summed E-state index contributed by atoms with van der Waals surface area (Å²) in [5.74, 6) is -0.142. The van der Waals surface area contributed by atoms with Gasteiger partial charge in [0.25, 0.3) is 5.69 Å². The molecule has 2 aliphatic heterocycles. The van der Waals surface area contributed by atoms with E-state index in [-0.39, 0.29) is 17.6 Å². The van der Waals surface area contributed by atoms with Crippen molar-refractivity contribution < 1.29 is 22.9 Å². The van der Waals surface area contributed by atoms with E-state index in [0.29, 0.717) is 24.2 Å². The Bertz CT molecular complexity index is 913. The number of fused-ring (bicyclic) bond motifs is 1. The van der Waals surface area contributed by atoms with Gasteiger partial charge in [-0.15, -0.1) is 0 Å². The van der Waals surface area contributed by atoms with Crippen LogP contribution in [0.15, 0.2) is 48.5 Å². The first kappa shape index (κ1) is 18.4. The number of anilines is 1. The van der Waals surface area contributed by atoms with Crippen molar-refractivity contribution in [2.24, 2.45) is 0 Å². The van der Waals surface area contributed by atoms with E-state index in [1.54, 1.807) is 0 Å². The Morgan fingerprint density at radius 2 is 1.68 bits per heavy atom. The number of nitrogens with zero attached hydrogens (tertiary/aromatic N) is 3. The van der Waals surface area contributed by atoms with Crippen LogP contribution in [-0.4, -0.2) is 28.3 Å². The van der Waals surface area contributed by atoms with Gasteiger partial charge in [-0.05, 0) is 42.7 Å². The van der Waals surface area contributed by atoms with Crippen LogP contribution in [0.3, 0.4) is 0 Å². The number of nitro benzene ring substituents is 1. The molecule has 28 heavy (non-hydrogen) atoms. The molecular weight excluding hydrogens is 375 g/mol. The van der Waals surface area contributed by atoms with Crippen LogP contribution in [0.4, 0.5) is 24.5 Å². The quantitative estimate of drug-likeness (QED) is 0.583. The van der Waals surface area contributed by atoms with E-state index >= 15 is 0 Å². The molecule has 0 saturated carbocycles. The van der Waals surface area contributed by atoms with Gasteiger partial charge in [0.15, 0.2) is 0 Å². The van der Waals surface area contributed by atoms with Crippen LogP contribution in [0.2, 0.25) is 0 Å². The Balaban J connectivity index is 1.73. The van der Waals surface area contributed by atoms with Gasteiger partial charge in [0.2, 0.25) is 5.91 Å². The summed E-state index contributed by atoms with van der Waals surface area (Å²) in [6, 6.07) is 10.1. The summed E-state index contributed by atoms with van der Waals surface area (Å²) in [7, 11) is 0. The molecule has 0 aromatic heterocycles. The van der Waals surface area contributed by atoms with Crippen LogP contribution in [0, 0.1) is 10.1 Å². The van der Waals surface area contributed by atoms with Gasteiger partial charge in [-0.2, -0.15) is 13.2 Å². The zero-order valence-electron chi connectivity index (χ0n) is 14.6. The number of alkyl halides is 3. The monoisotopic (exact) mass is 391 g/mol. The average molecular weight is 391 g/mol. The van der Waals surface area contributed by atoms with Crippen LogP contribution in [0.25, 0.3) is 0 Å².